The molecule has 0 saturated carbocycles. The van der Waals surface area contributed by atoms with Crippen LogP contribution in [0.4, 0.5) is 0 Å². The van der Waals surface area contributed by atoms with Gasteiger partial charge >= 0.3 is 0 Å². The fourth-order valence-corrected chi connectivity index (χ4v) is 3.65. The number of amides is 2. The van der Waals surface area contributed by atoms with E-state index in [0.717, 1.165) is 13.0 Å². The number of nitrogens with one attached hydrogen (secondary N) is 2. The Morgan fingerprint density at radius 2 is 2.04 bits per heavy atom. The molecule has 2 heterocycles. The molecule has 2 amide bonds. The fourth-order valence-electron chi connectivity index (χ4n) is 3.65. The van der Waals surface area contributed by atoms with Crippen LogP contribution >= 0.6 is 12.4 Å². The van der Waals surface area contributed by atoms with Crippen LogP contribution in [0.3, 0.4) is 0 Å². The SMILES string of the molecule is CC(C)(C)N1CC(C(=O)NCC2NCCc3ccccc32)CC1=O.Cl. The summed E-state index contributed by atoms with van der Waals surface area (Å²) in [5.74, 6) is -0.181. The Balaban J connectivity index is 0.00000225. The molecule has 3 rings (SSSR count). The van der Waals surface area contributed by atoms with Gasteiger partial charge in [-0.05, 0) is 44.9 Å². The van der Waals surface area contributed by atoms with Crippen LogP contribution in [0, 0.1) is 5.92 Å². The van der Waals surface area contributed by atoms with Gasteiger partial charge in [-0.15, -0.1) is 12.4 Å². The molecule has 2 atom stereocenters. The van der Waals surface area contributed by atoms with Gasteiger partial charge in [0.05, 0.1) is 5.92 Å². The third-order valence-electron chi connectivity index (χ3n) is 5.00. The van der Waals surface area contributed by atoms with Gasteiger partial charge < -0.3 is 15.5 Å². The molecule has 0 spiro atoms. The summed E-state index contributed by atoms with van der Waals surface area (Å²) in [5.41, 5.74) is 2.39. The molecule has 0 aromatic heterocycles. The van der Waals surface area contributed by atoms with Crippen LogP contribution in [0.2, 0.25) is 0 Å². The number of nitrogens with zero attached hydrogens (tertiary/aromatic N) is 1. The van der Waals surface area contributed by atoms with Gasteiger partial charge in [-0.25, -0.2) is 0 Å². The third-order valence-corrected chi connectivity index (χ3v) is 5.00. The summed E-state index contributed by atoms with van der Waals surface area (Å²) in [7, 11) is 0. The minimum atomic E-state index is -0.240. The van der Waals surface area contributed by atoms with Crippen molar-refractivity contribution in [3.63, 3.8) is 0 Å². The molecule has 0 radical (unpaired) electrons. The zero-order valence-corrected chi connectivity index (χ0v) is 16.0. The molecule has 6 heteroatoms. The highest BCUT2D eigenvalue weighted by Gasteiger charge is 2.39. The number of benzene rings is 1. The first-order valence-corrected chi connectivity index (χ1v) is 8.75. The first kappa shape index (κ1) is 19.7. The van der Waals surface area contributed by atoms with Gasteiger partial charge in [-0.2, -0.15) is 0 Å². The van der Waals surface area contributed by atoms with E-state index in [1.165, 1.54) is 11.1 Å². The molecular weight excluding hydrogens is 338 g/mol. The predicted octanol–water partition coefficient (Wildman–Crippen LogP) is 2.06. The molecule has 1 aromatic carbocycles. The zero-order chi connectivity index (χ0) is 17.3. The fraction of sp³-hybridized carbons (Fsp3) is 0.579. The molecular formula is C19H28ClN3O2. The van der Waals surface area contributed by atoms with Crippen LogP contribution in [0.15, 0.2) is 24.3 Å². The number of fused-ring (bicyclic) bond motifs is 1. The van der Waals surface area contributed by atoms with Crippen molar-refractivity contribution in [2.45, 2.75) is 45.2 Å². The van der Waals surface area contributed by atoms with Crippen molar-refractivity contribution in [2.75, 3.05) is 19.6 Å². The first-order chi connectivity index (χ1) is 11.4. The second kappa shape index (κ2) is 7.75. The monoisotopic (exact) mass is 365 g/mol. The van der Waals surface area contributed by atoms with Crippen LogP contribution in [-0.2, 0) is 16.0 Å². The molecule has 1 fully saturated rings. The molecule has 1 saturated heterocycles. The van der Waals surface area contributed by atoms with Gasteiger partial charge in [0.1, 0.15) is 0 Å². The largest absolute Gasteiger partial charge is 0.354 e. The minimum Gasteiger partial charge on any atom is -0.354 e. The van der Waals surface area contributed by atoms with Crippen LogP contribution in [0.5, 0.6) is 0 Å². The Kier molecular flexibility index (Phi) is 6.12. The summed E-state index contributed by atoms with van der Waals surface area (Å²) >= 11 is 0. The molecule has 5 nitrogen and oxygen atoms in total. The maximum Gasteiger partial charge on any atom is 0.225 e. The summed E-state index contributed by atoms with van der Waals surface area (Å²) in [5, 5.41) is 6.52. The topological polar surface area (TPSA) is 61.4 Å². The Bertz CT molecular complexity index is 642. The van der Waals surface area contributed by atoms with Gasteiger partial charge in [0, 0.05) is 31.1 Å². The highest BCUT2D eigenvalue weighted by Crippen LogP contribution is 2.26. The Hall–Kier alpha value is -1.59. The second-order valence-electron chi connectivity index (χ2n) is 7.78. The van der Waals surface area contributed by atoms with E-state index < -0.39 is 0 Å². The van der Waals surface area contributed by atoms with E-state index in [-0.39, 0.29) is 41.7 Å². The molecule has 25 heavy (non-hydrogen) atoms. The lowest BCUT2D eigenvalue weighted by molar-refractivity contribution is -0.132. The Morgan fingerprint density at radius 3 is 2.72 bits per heavy atom. The number of hydrogen-bond acceptors (Lipinski definition) is 3. The van der Waals surface area contributed by atoms with Crippen LogP contribution < -0.4 is 10.6 Å². The van der Waals surface area contributed by atoms with E-state index in [2.05, 4.69) is 28.8 Å². The van der Waals surface area contributed by atoms with Crippen molar-refractivity contribution in [1.29, 1.82) is 0 Å². The molecule has 138 valence electrons. The summed E-state index contributed by atoms with van der Waals surface area (Å²) in [6, 6.07) is 8.53. The van der Waals surface area contributed by atoms with Crippen molar-refractivity contribution >= 4 is 24.2 Å². The number of hydrogen-bond donors (Lipinski definition) is 2. The lowest BCUT2D eigenvalue weighted by Gasteiger charge is -2.32. The third kappa shape index (κ3) is 4.33. The first-order valence-electron chi connectivity index (χ1n) is 8.75. The van der Waals surface area contributed by atoms with Gasteiger partial charge in [-0.1, -0.05) is 24.3 Å². The average molecular weight is 366 g/mol. The second-order valence-corrected chi connectivity index (χ2v) is 7.78. The van der Waals surface area contributed by atoms with Gasteiger partial charge in [-0.3, -0.25) is 9.59 Å². The summed E-state index contributed by atoms with van der Waals surface area (Å²) in [4.78, 5) is 26.5. The zero-order valence-electron chi connectivity index (χ0n) is 15.2. The van der Waals surface area contributed by atoms with Crippen LogP contribution in [0.1, 0.15) is 44.4 Å². The normalized spacial score (nSPS) is 23.0. The van der Waals surface area contributed by atoms with Gasteiger partial charge in [0.2, 0.25) is 11.8 Å². The van der Waals surface area contributed by atoms with E-state index in [1.807, 2.05) is 31.7 Å². The average Bonchev–Trinajstić information content (AvgIpc) is 2.95. The van der Waals surface area contributed by atoms with Crippen molar-refractivity contribution in [3.05, 3.63) is 35.4 Å². The highest BCUT2D eigenvalue weighted by atomic mass is 35.5. The smallest absolute Gasteiger partial charge is 0.225 e. The molecule has 0 aliphatic carbocycles. The van der Waals surface area contributed by atoms with Crippen molar-refractivity contribution in [1.82, 2.24) is 15.5 Å². The molecule has 2 unspecified atom stereocenters. The summed E-state index contributed by atoms with van der Waals surface area (Å²) in [6.07, 6.45) is 1.34. The quantitative estimate of drug-likeness (QED) is 0.861. The summed E-state index contributed by atoms with van der Waals surface area (Å²) < 4.78 is 0. The van der Waals surface area contributed by atoms with Crippen LogP contribution in [-0.4, -0.2) is 41.9 Å². The Labute approximate surface area is 155 Å². The van der Waals surface area contributed by atoms with E-state index in [0.29, 0.717) is 19.5 Å². The van der Waals surface area contributed by atoms with Crippen molar-refractivity contribution < 1.29 is 9.59 Å². The van der Waals surface area contributed by atoms with E-state index >= 15 is 0 Å². The molecule has 2 aliphatic rings. The van der Waals surface area contributed by atoms with E-state index in [4.69, 9.17) is 0 Å². The molecule has 0 bridgehead atoms. The van der Waals surface area contributed by atoms with Crippen LogP contribution in [0.25, 0.3) is 0 Å². The lowest BCUT2D eigenvalue weighted by atomic mass is 9.94. The highest BCUT2D eigenvalue weighted by molar-refractivity contribution is 5.89. The number of likely N-dealkylation sites (tertiary alicyclic amines) is 1. The van der Waals surface area contributed by atoms with E-state index in [1.54, 1.807) is 0 Å². The number of halogens is 1. The maximum absolute atomic E-state index is 12.5. The maximum atomic E-state index is 12.5. The number of rotatable bonds is 3. The molecule has 2 N–H and O–H groups in total. The number of carbonyl (C=O) groups is 2. The molecule has 2 aliphatic heterocycles. The lowest BCUT2D eigenvalue weighted by Crippen LogP contribution is -2.44. The van der Waals surface area contributed by atoms with Gasteiger partial charge in [0.15, 0.2) is 0 Å². The molecule has 1 aromatic rings. The minimum absolute atomic E-state index is 0. The standard InChI is InChI=1S/C19H27N3O2.ClH/c1-19(2,3)22-12-14(10-17(22)23)18(24)21-11-16-15-7-5-4-6-13(15)8-9-20-16;/h4-7,14,16,20H,8-12H2,1-3H3,(H,21,24);1H. The predicted molar refractivity (Wildman–Crippen MR) is 101 cm³/mol. The number of carbonyl (C=O) groups excluding carboxylic acids is 2. The summed E-state index contributed by atoms with van der Waals surface area (Å²) in [6.45, 7) is 8.03. The Morgan fingerprint density at radius 1 is 1.32 bits per heavy atom. The van der Waals surface area contributed by atoms with Crippen molar-refractivity contribution in [2.24, 2.45) is 5.92 Å². The van der Waals surface area contributed by atoms with Gasteiger partial charge in [0.25, 0.3) is 0 Å². The van der Waals surface area contributed by atoms with E-state index in [9.17, 15) is 9.59 Å². The van der Waals surface area contributed by atoms with Crippen molar-refractivity contribution in [3.8, 4) is 0 Å².